The lowest BCUT2D eigenvalue weighted by atomic mass is 10.0. The van der Waals surface area contributed by atoms with Crippen LogP contribution in [0.1, 0.15) is 26.3 Å². The summed E-state index contributed by atoms with van der Waals surface area (Å²) in [6.07, 6.45) is -0.933. The molecule has 0 saturated heterocycles. The molecule has 1 rings (SSSR count). The quantitative estimate of drug-likeness (QED) is 0.771. The van der Waals surface area contributed by atoms with Gasteiger partial charge >= 0.3 is 6.09 Å². The molecule has 0 heterocycles. The minimum atomic E-state index is -0.845. The summed E-state index contributed by atoms with van der Waals surface area (Å²) in [5.41, 5.74) is 0.404. The number of benzene rings is 1. The summed E-state index contributed by atoms with van der Waals surface area (Å²) in [5.74, 6) is 0.0387. The van der Waals surface area contributed by atoms with Crippen LogP contribution in [-0.2, 0) is 11.2 Å². The van der Waals surface area contributed by atoms with Crippen LogP contribution in [-0.4, -0.2) is 34.8 Å². The number of nitrogens with one attached hydrogen (secondary N) is 1. The van der Waals surface area contributed by atoms with Crippen LogP contribution < -0.4 is 5.32 Å². The molecule has 0 unspecified atom stereocenters. The Labute approximate surface area is 139 Å². The van der Waals surface area contributed by atoms with Gasteiger partial charge in [0.2, 0.25) is 0 Å². The molecule has 1 amide bonds. The van der Waals surface area contributed by atoms with Crippen LogP contribution in [0.5, 0.6) is 0 Å². The highest BCUT2D eigenvalue weighted by Gasteiger charge is 2.24. The van der Waals surface area contributed by atoms with Crippen molar-refractivity contribution in [2.24, 2.45) is 0 Å². The van der Waals surface area contributed by atoms with Crippen LogP contribution in [0.2, 0.25) is 0 Å². The van der Waals surface area contributed by atoms with E-state index in [-0.39, 0.29) is 5.88 Å². The molecule has 6 heteroatoms. The second-order valence-electron chi connectivity index (χ2n) is 5.80. The first-order chi connectivity index (χ1) is 9.71. The zero-order valence-corrected chi connectivity index (χ0v) is 14.7. The number of hydrogen-bond donors (Lipinski definition) is 2. The zero-order valence-electron chi connectivity index (χ0n) is 12.4. The highest BCUT2D eigenvalue weighted by molar-refractivity contribution is 9.10. The minimum Gasteiger partial charge on any atom is -0.444 e. The molecule has 118 valence electrons. The van der Waals surface area contributed by atoms with E-state index in [9.17, 15) is 9.90 Å². The number of alkyl halides is 1. The predicted octanol–water partition coefficient (Wildman–Crippen LogP) is 3.48. The molecule has 0 aliphatic rings. The second kappa shape index (κ2) is 8.01. The number of amides is 1. The number of carbonyl (C=O) groups is 1. The predicted molar refractivity (Wildman–Crippen MR) is 87.7 cm³/mol. The number of rotatable bonds is 5. The zero-order chi connectivity index (χ0) is 16.0. The maximum Gasteiger partial charge on any atom is 0.407 e. The van der Waals surface area contributed by atoms with Crippen molar-refractivity contribution in [3.63, 3.8) is 0 Å². The van der Waals surface area contributed by atoms with E-state index in [2.05, 4.69) is 21.2 Å². The molecule has 2 atom stereocenters. The molecule has 0 fully saturated rings. The molecule has 1 aromatic rings. The van der Waals surface area contributed by atoms with Gasteiger partial charge < -0.3 is 15.2 Å². The van der Waals surface area contributed by atoms with Gasteiger partial charge in [0.1, 0.15) is 5.60 Å². The maximum absolute atomic E-state index is 11.8. The number of aliphatic hydroxyl groups excluding tert-OH is 1. The van der Waals surface area contributed by atoms with Gasteiger partial charge in [-0.25, -0.2) is 4.79 Å². The SMILES string of the molecule is CC(C)(C)OC(=O)N[C@@H](Cc1ccc(Br)cc1)[C@@H](O)CCl. The van der Waals surface area contributed by atoms with E-state index in [4.69, 9.17) is 16.3 Å². The Hall–Kier alpha value is -0.780. The molecule has 0 spiro atoms. The van der Waals surface area contributed by atoms with Crippen molar-refractivity contribution in [2.75, 3.05) is 5.88 Å². The highest BCUT2D eigenvalue weighted by atomic mass is 79.9. The first-order valence-electron chi connectivity index (χ1n) is 6.69. The molecule has 0 aromatic heterocycles. The molecule has 4 nitrogen and oxygen atoms in total. The van der Waals surface area contributed by atoms with E-state index in [0.717, 1.165) is 10.0 Å². The summed E-state index contributed by atoms with van der Waals surface area (Å²) in [6.45, 7) is 5.36. The van der Waals surface area contributed by atoms with Gasteiger partial charge in [0.15, 0.2) is 0 Å². The van der Waals surface area contributed by atoms with Crippen molar-refractivity contribution in [1.29, 1.82) is 0 Å². The Balaban J connectivity index is 2.72. The van der Waals surface area contributed by atoms with Gasteiger partial charge in [0, 0.05) is 4.47 Å². The molecule has 0 radical (unpaired) electrons. The number of ether oxygens (including phenoxy) is 1. The molecule has 0 saturated carbocycles. The van der Waals surface area contributed by atoms with Crippen LogP contribution in [0.25, 0.3) is 0 Å². The number of carbonyl (C=O) groups excluding carboxylic acids is 1. The van der Waals surface area contributed by atoms with Crippen molar-refractivity contribution in [3.8, 4) is 0 Å². The Kier molecular flexibility index (Phi) is 6.97. The van der Waals surface area contributed by atoms with Gasteiger partial charge in [-0.05, 0) is 44.9 Å². The molecule has 2 N–H and O–H groups in total. The average Bonchev–Trinajstić information content (AvgIpc) is 2.37. The maximum atomic E-state index is 11.8. The topological polar surface area (TPSA) is 58.6 Å². The van der Waals surface area contributed by atoms with Crippen LogP contribution in [0.3, 0.4) is 0 Å². The first-order valence-corrected chi connectivity index (χ1v) is 8.02. The highest BCUT2D eigenvalue weighted by Crippen LogP contribution is 2.14. The molecule has 0 aliphatic carbocycles. The Morgan fingerprint density at radius 1 is 1.38 bits per heavy atom. The molecule has 0 bridgehead atoms. The van der Waals surface area contributed by atoms with Gasteiger partial charge in [0.05, 0.1) is 18.0 Å². The molecular formula is C15H21BrClNO3. The fourth-order valence-electron chi connectivity index (χ4n) is 1.72. The fraction of sp³-hybridized carbons (Fsp3) is 0.533. The van der Waals surface area contributed by atoms with Crippen LogP contribution in [0.15, 0.2) is 28.7 Å². The summed E-state index contributed by atoms with van der Waals surface area (Å²) < 4.78 is 6.18. The second-order valence-corrected chi connectivity index (χ2v) is 7.03. The van der Waals surface area contributed by atoms with Crippen molar-refractivity contribution < 1.29 is 14.6 Å². The third-order valence-corrected chi connectivity index (χ3v) is 3.54. The molecular weight excluding hydrogens is 358 g/mol. The number of aliphatic hydroxyl groups is 1. The molecule has 0 aliphatic heterocycles. The summed E-state index contributed by atoms with van der Waals surface area (Å²) >= 11 is 9.07. The molecule has 21 heavy (non-hydrogen) atoms. The lowest BCUT2D eigenvalue weighted by Crippen LogP contribution is -2.47. The average molecular weight is 379 g/mol. The van der Waals surface area contributed by atoms with Gasteiger partial charge in [-0.2, -0.15) is 0 Å². The summed E-state index contributed by atoms with van der Waals surface area (Å²) in [4.78, 5) is 11.8. The number of hydrogen-bond acceptors (Lipinski definition) is 3. The number of halogens is 2. The van der Waals surface area contributed by atoms with E-state index < -0.39 is 23.8 Å². The molecule has 1 aromatic carbocycles. The van der Waals surface area contributed by atoms with Crippen molar-refractivity contribution in [2.45, 2.75) is 44.9 Å². The van der Waals surface area contributed by atoms with Crippen molar-refractivity contribution >= 4 is 33.6 Å². The van der Waals surface area contributed by atoms with E-state index in [1.165, 1.54) is 0 Å². The van der Waals surface area contributed by atoms with Crippen LogP contribution >= 0.6 is 27.5 Å². The largest absolute Gasteiger partial charge is 0.444 e. The van der Waals surface area contributed by atoms with Gasteiger partial charge in [-0.15, -0.1) is 11.6 Å². The lowest BCUT2D eigenvalue weighted by molar-refractivity contribution is 0.0440. The third kappa shape index (κ3) is 7.16. The Bertz CT molecular complexity index is 459. The first kappa shape index (κ1) is 18.3. The third-order valence-electron chi connectivity index (χ3n) is 2.69. The Morgan fingerprint density at radius 2 is 1.95 bits per heavy atom. The van der Waals surface area contributed by atoms with E-state index in [0.29, 0.717) is 6.42 Å². The van der Waals surface area contributed by atoms with Gasteiger partial charge in [-0.3, -0.25) is 0 Å². The standard InChI is InChI=1S/C15H21BrClNO3/c1-15(2,3)21-14(20)18-12(13(19)9-17)8-10-4-6-11(16)7-5-10/h4-7,12-13,19H,8-9H2,1-3H3,(H,18,20)/t12-,13-/m0/s1. The van der Waals surface area contributed by atoms with Crippen LogP contribution in [0.4, 0.5) is 4.79 Å². The summed E-state index contributed by atoms with van der Waals surface area (Å²) in [6, 6.07) is 7.17. The van der Waals surface area contributed by atoms with E-state index >= 15 is 0 Å². The van der Waals surface area contributed by atoms with Gasteiger partial charge in [-0.1, -0.05) is 28.1 Å². The minimum absolute atomic E-state index is 0.0387. The smallest absolute Gasteiger partial charge is 0.407 e. The van der Waals surface area contributed by atoms with Crippen molar-refractivity contribution in [1.82, 2.24) is 5.32 Å². The number of alkyl carbamates (subject to hydrolysis) is 1. The van der Waals surface area contributed by atoms with Gasteiger partial charge in [0.25, 0.3) is 0 Å². The Morgan fingerprint density at radius 3 is 2.43 bits per heavy atom. The monoisotopic (exact) mass is 377 g/mol. The fourth-order valence-corrected chi connectivity index (χ4v) is 2.20. The normalized spacial score (nSPS) is 14.4. The van der Waals surface area contributed by atoms with E-state index in [1.807, 2.05) is 24.3 Å². The summed E-state index contributed by atoms with van der Waals surface area (Å²) in [7, 11) is 0. The van der Waals surface area contributed by atoms with E-state index in [1.54, 1.807) is 20.8 Å². The van der Waals surface area contributed by atoms with Crippen LogP contribution in [0, 0.1) is 0 Å². The summed E-state index contributed by atoms with van der Waals surface area (Å²) in [5, 5.41) is 12.6. The van der Waals surface area contributed by atoms with Crippen molar-refractivity contribution in [3.05, 3.63) is 34.3 Å². The lowest BCUT2D eigenvalue weighted by Gasteiger charge is -2.26.